The molecule has 112 valence electrons. The number of ether oxygens (including phenoxy) is 2. The minimum atomic E-state index is 0.253. The number of anilines is 1. The van der Waals surface area contributed by atoms with Crippen LogP contribution in [0.4, 0.5) is 5.82 Å². The van der Waals surface area contributed by atoms with E-state index in [9.17, 15) is 0 Å². The summed E-state index contributed by atoms with van der Waals surface area (Å²) in [5.41, 5.74) is 2.38. The number of fused-ring (bicyclic) bond motifs is 1. The van der Waals surface area contributed by atoms with Crippen LogP contribution < -0.4 is 14.6 Å². The van der Waals surface area contributed by atoms with Gasteiger partial charge in [0.05, 0.1) is 19.3 Å². The molecule has 4 heteroatoms. The summed E-state index contributed by atoms with van der Waals surface area (Å²) in [5, 5.41) is 1.23. The quantitative estimate of drug-likeness (QED) is 0.851. The molecule has 1 N–H and O–H groups in total. The van der Waals surface area contributed by atoms with E-state index in [2.05, 4.69) is 48.9 Å². The first-order chi connectivity index (χ1) is 10.1. The Bertz CT molecular complexity index is 647. The molecule has 21 heavy (non-hydrogen) atoms. The maximum atomic E-state index is 5.82. The standard InChI is InChI=1S/C17H22N2O2/c1-11-7-17(19-9-12(2)21-13(3)10-19)18-16-8-14(20-4)5-6-15(11)16/h5-8,12-13H,9-10H2,1-4H3/p+1. The topological polar surface area (TPSA) is 35.8 Å². The van der Waals surface area contributed by atoms with Crippen LogP contribution in [0.15, 0.2) is 24.3 Å². The molecule has 1 aliphatic rings. The van der Waals surface area contributed by atoms with Gasteiger partial charge < -0.3 is 9.47 Å². The number of aromatic nitrogens is 1. The number of pyridine rings is 1. The summed E-state index contributed by atoms with van der Waals surface area (Å²) < 4.78 is 11.1. The first-order valence-electron chi connectivity index (χ1n) is 7.48. The van der Waals surface area contributed by atoms with Crippen molar-refractivity contribution in [3.63, 3.8) is 0 Å². The maximum absolute atomic E-state index is 5.82. The average molecular weight is 287 g/mol. The van der Waals surface area contributed by atoms with Crippen LogP contribution in [0, 0.1) is 6.92 Å². The van der Waals surface area contributed by atoms with Crippen LogP contribution in [-0.2, 0) is 4.74 Å². The van der Waals surface area contributed by atoms with E-state index in [1.54, 1.807) is 7.11 Å². The fourth-order valence-corrected chi connectivity index (χ4v) is 3.10. The summed E-state index contributed by atoms with van der Waals surface area (Å²) in [6.45, 7) is 8.23. The van der Waals surface area contributed by atoms with Gasteiger partial charge in [0.2, 0.25) is 0 Å². The molecule has 1 saturated heterocycles. The second-order valence-corrected chi connectivity index (χ2v) is 5.91. The molecule has 3 rings (SSSR count). The summed E-state index contributed by atoms with van der Waals surface area (Å²) in [7, 11) is 1.70. The number of rotatable bonds is 2. The Hall–Kier alpha value is -1.81. The van der Waals surface area contributed by atoms with E-state index >= 15 is 0 Å². The van der Waals surface area contributed by atoms with Gasteiger partial charge in [0.15, 0.2) is 0 Å². The van der Waals surface area contributed by atoms with Crippen molar-refractivity contribution in [2.24, 2.45) is 0 Å². The molecule has 1 fully saturated rings. The minimum Gasteiger partial charge on any atom is -0.497 e. The molecule has 0 radical (unpaired) electrons. The van der Waals surface area contributed by atoms with Gasteiger partial charge in [-0.25, -0.2) is 4.98 Å². The van der Waals surface area contributed by atoms with Crippen molar-refractivity contribution < 1.29 is 14.5 Å². The molecule has 4 nitrogen and oxygen atoms in total. The number of benzene rings is 1. The van der Waals surface area contributed by atoms with Crippen LogP contribution in [0.3, 0.4) is 0 Å². The molecule has 0 bridgehead atoms. The minimum absolute atomic E-state index is 0.253. The van der Waals surface area contributed by atoms with Gasteiger partial charge in [0, 0.05) is 17.5 Å². The van der Waals surface area contributed by atoms with E-state index in [1.807, 2.05) is 6.07 Å². The van der Waals surface area contributed by atoms with E-state index in [0.29, 0.717) is 0 Å². The van der Waals surface area contributed by atoms with Crippen LogP contribution in [0.1, 0.15) is 19.4 Å². The van der Waals surface area contributed by atoms with Crippen LogP contribution in [0.2, 0.25) is 0 Å². The number of hydrogen-bond donors (Lipinski definition) is 0. The molecule has 2 aromatic rings. The lowest BCUT2D eigenvalue weighted by Gasteiger charge is -2.31. The zero-order valence-corrected chi connectivity index (χ0v) is 13.1. The van der Waals surface area contributed by atoms with Crippen LogP contribution >= 0.6 is 0 Å². The number of nitrogens with one attached hydrogen (secondary N) is 1. The van der Waals surface area contributed by atoms with Crippen molar-refractivity contribution in [3.05, 3.63) is 29.8 Å². The summed E-state index contributed by atoms with van der Waals surface area (Å²) >= 11 is 0. The molecule has 1 aliphatic heterocycles. The molecule has 0 amide bonds. The summed E-state index contributed by atoms with van der Waals surface area (Å²) in [6, 6.07) is 8.38. The largest absolute Gasteiger partial charge is 0.497 e. The van der Waals surface area contributed by atoms with E-state index in [0.717, 1.165) is 30.2 Å². The second kappa shape index (κ2) is 5.53. The van der Waals surface area contributed by atoms with Crippen molar-refractivity contribution in [2.75, 3.05) is 25.1 Å². The lowest BCUT2D eigenvalue weighted by atomic mass is 10.1. The first-order valence-corrected chi connectivity index (χ1v) is 7.48. The normalized spacial score (nSPS) is 22.6. The van der Waals surface area contributed by atoms with Crippen molar-refractivity contribution in [1.29, 1.82) is 0 Å². The Kier molecular flexibility index (Phi) is 3.72. The lowest BCUT2D eigenvalue weighted by Crippen LogP contribution is -2.47. The van der Waals surface area contributed by atoms with E-state index < -0.39 is 0 Å². The van der Waals surface area contributed by atoms with Crippen molar-refractivity contribution in [1.82, 2.24) is 0 Å². The highest BCUT2D eigenvalue weighted by molar-refractivity contribution is 5.81. The fourth-order valence-electron chi connectivity index (χ4n) is 3.10. The summed E-state index contributed by atoms with van der Waals surface area (Å²) in [4.78, 5) is 5.91. The van der Waals surface area contributed by atoms with Gasteiger partial charge in [0.25, 0.3) is 5.82 Å². The van der Waals surface area contributed by atoms with E-state index in [4.69, 9.17) is 9.47 Å². The molecule has 2 unspecified atom stereocenters. The SMILES string of the molecule is COc1ccc2c(C)cc(N3CC(C)OC(C)C3)[nH+]c2c1. The second-order valence-electron chi connectivity index (χ2n) is 5.91. The lowest BCUT2D eigenvalue weighted by molar-refractivity contribution is -0.331. The number of morpholine rings is 1. The third kappa shape index (κ3) is 2.81. The Morgan fingerprint density at radius 1 is 1.19 bits per heavy atom. The molecular formula is C17H23N2O2+. The molecule has 0 saturated carbocycles. The van der Waals surface area contributed by atoms with Gasteiger partial charge in [-0.15, -0.1) is 0 Å². The number of aromatic amines is 1. The monoisotopic (exact) mass is 287 g/mol. The van der Waals surface area contributed by atoms with Gasteiger partial charge in [-0.05, 0) is 38.5 Å². The molecule has 0 aliphatic carbocycles. The Morgan fingerprint density at radius 3 is 2.57 bits per heavy atom. The predicted octanol–water partition coefficient (Wildman–Crippen LogP) is 2.58. The number of nitrogens with zero attached hydrogens (tertiary/aromatic N) is 1. The van der Waals surface area contributed by atoms with E-state index in [1.165, 1.54) is 10.9 Å². The van der Waals surface area contributed by atoms with Crippen molar-refractivity contribution in [3.8, 4) is 5.75 Å². The van der Waals surface area contributed by atoms with Gasteiger partial charge in [0.1, 0.15) is 24.4 Å². The zero-order chi connectivity index (χ0) is 15.0. The van der Waals surface area contributed by atoms with Crippen LogP contribution in [0.25, 0.3) is 10.9 Å². The van der Waals surface area contributed by atoms with Crippen LogP contribution in [0.5, 0.6) is 5.75 Å². The van der Waals surface area contributed by atoms with Gasteiger partial charge in [-0.3, -0.25) is 4.90 Å². The predicted molar refractivity (Wildman–Crippen MR) is 84.0 cm³/mol. The number of hydrogen-bond acceptors (Lipinski definition) is 3. The van der Waals surface area contributed by atoms with Crippen molar-refractivity contribution >= 4 is 16.7 Å². The fraction of sp³-hybridized carbons (Fsp3) is 0.471. The molecular weight excluding hydrogens is 264 g/mol. The number of aryl methyl sites for hydroxylation is 1. The Labute approximate surface area is 125 Å². The Balaban J connectivity index is 2.02. The van der Waals surface area contributed by atoms with Gasteiger partial charge in [-0.2, -0.15) is 0 Å². The van der Waals surface area contributed by atoms with Gasteiger partial charge >= 0.3 is 0 Å². The summed E-state index contributed by atoms with van der Waals surface area (Å²) in [5.74, 6) is 2.02. The maximum Gasteiger partial charge on any atom is 0.275 e. The molecule has 1 aromatic carbocycles. The highest BCUT2D eigenvalue weighted by Gasteiger charge is 2.29. The van der Waals surface area contributed by atoms with Crippen LogP contribution in [-0.4, -0.2) is 32.4 Å². The van der Waals surface area contributed by atoms with E-state index in [-0.39, 0.29) is 12.2 Å². The molecule has 2 atom stereocenters. The molecule has 2 heterocycles. The zero-order valence-electron chi connectivity index (χ0n) is 13.1. The average Bonchev–Trinajstić information content (AvgIpc) is 2.45. The van der Waals surface area contributed by atoms with Gasteiger partial charge in [-0.1, -0.05) is 0 Å². The molecule has 0 spiro atoms. The smallest absolute Gasteiger partial charge is 0.275 e. The molecule has 1 aromatic heterocycles. The third-order valence-electron chi connectivity index (χ3n) is 4.03. The van der Waals surface area contributed by atoms with Crippen molar-refractivity contribution in [2.45, 2.75) is 33.0 Å². The first kappa shape index (κ1) is 14.1. The summed E-state index contributed by atoms with van der Waals surface area (Å²) in [6.07, 6.45) is 0.506. The number of methoxy groups -OCH3 is 1. The third-order valence-corrected chi connectivity index (χ3v) is 4.03. The highest BCUT2D eigenvalue weighted by Crippen LogP contribution is 2.24. The highest BCUT2D eigenvalue weighted by atomic mass is 16.5. The Morgan fingerprint density at radius 2 is 1.90 bits per heavy atom. The number of H-pyrrole nitrogens is 1.